The lowest BCUT2D eigenvalue weighted by atomic mass is 10.1. The van der Waals surface area contributed by atoms with Crippen LogP contribution in [-0.4, -0.2) is 56.3 Å². The summed E-state index contributed by atoms with van der Waals surface area (Å²) in [5.74, 6) is 0.845. The summed E-state index contributed by atoms with van der Waals surface area (Å²) >= 11 is 4.22. The Bertz CT molecular complexity index is 1330. The molecule has 0 amide bonds. The molecule has 0 saturated carbocycles. The van der Waals surface area contributed by atoms with Gasteiger partial charge in [0.05, 0.1) is 36.7 Å². The van der Waals surface area contributed by atoms with Crippen molar-refractivity contribution < 1.29 is 9.84 Å². The minimum atomic E-state index is -0.623. The molecule has 3 aromatic heterocycles. The van der Waals surface area contributed by atoms with E-state index in [-0.39, 0.29) is 11.3 Å². The Morgan fingerprint density at radius 1 is 1.23 bits per heavy atom. The van der Waals surface area contributed by atoms with Crippen LogP contribution in [0.5, 0.6) is 0 Å². The van der Waals surface area contributed by atoms with E-state index in [0.717, 1.165) is 61.9 Å². The molecule has 0 spiro atoms. The molecule has 1 aromatic carbocycles. The number of hydrogen-bond acceptors (Lipinski definition) is 7. The van der Waals surface area contributed by atoms with Crippen LogP contribution in [0.4, 0.5) is 11.5 Å². The molecule has 1 aliphatic heterocycles. The number of nitrogens with zero attached hydrogens (tertiary/aromatic N) is 5. The van der Waals surface area contributed by atoms with Gasteiger partial charge in [-0.3, -0.25) is 10.1 Å². The number of anilines is 1. The minimum Gasteiger partial charge on any atom is -0.387 e. The molecule has 182 valence electrons. The predicted molar refractivity (Wildman–Crippen MR) is 144 cm³/mol. The number of aromatic nitrogens is 4. The number of benzene rings is 1. The standard InChI is InChI=1S/C25H27BrN6O2S/c1-15-14-34-12-11-32(15)22-13-21(31-35-16(2)25(33)17-3-5-18(26)6-4-17)19-7-9-27-24(23(19)29-22)20-8-10-28-30-20/h3-10,13,15-16,25,33,35H,11-12,14H2,1-2H3,(H,28,30)/t15-,16?,25?/m1/s1. The minimum absolute atomic E-state index is 0.0981. The number of morpholine rings is 1. The van der Waals surface area contributed by atoms with Crippen molar-refractivity contribution in [2.45, 2.75) is 31.2 Å². The Hall–Kier alpha value is -2.66. The molecule has 0 aliphatic carbocycles. The van der Waals surface area contributed by atoms with Crippen molar-refractivity contribution in [1.82, 2.24) is 20.2 Å². The number of rotatable bonds is 6. The van der Waals surface area contributed by atoms with E-state index in [1.54, 1.807) is 12.4 Å². The van der Waals surface area contributed by atoms with Gasteiger partial charge in [0.1, 0.15) is 17.0 Å². The molecule has 4 heterocycles. The van der Waals surface area contributed by atoms with Crippen LogP contribution in [0.2, 0.25) is 0 Å². The predicted octanol–water partition coefficient (Wildman–Crippen LogP) is 4.76. The number of fused-ring (bicyclic) bond motifs is 1. The molecule has 8 nitrogen and oxygen atoms in total. The number of halogens is 1. The van der Waals surface area contributed by atoms with Crippen LogP contribution in [0.3, 0.4) is 0 Å². The summed E-state index contributed by atoms with van der Waals surface area (Å²) in [6.45, 7) is 6.21. The smallest absolute Gasteiger partial charge is 0.131 e. The molecule has 3 atom stereocenters. The van der Waals surface area contributed by atoms with Crippen LogP contribution in [0.1, 0.15) is 25.5 Å². The molecule has 1 fully saturated rings. The first kappa shape index (κ1) is 24.1. The van der Waals surface area contributed by atoms with Crippen molar-refractivity contribution in [2.75, 3.05) is 24.7 Å². The van der Waals surface area contributed by atoms with Crippen molar-refractivity contribution in [3.63, 3.8) is 0 Å². The van der Waals surface area contributed by atoms with Crippen molar-refractivity contribution in [2.24, 2.45) is 4.36 Å². The van der Waals surface area contributed by atoms with Crippen LogP contribution >= 0.6 is 15.9 Å². The molecule has 10 heteroatoms. The summed E-state index contributed by atoms with van der Waals surface area (Å²) in [7, 11) is 0. The number of aliphatic hydroxyl groups excluding tert-OH is 1. The number of nitrogens with one attached hydrogen (secondary N) is 1. The normalized spacial score (nSPS) is 18.5. The van der Waals surface area contributed by atoms with E-state index >= 15 is 0 Å². The van der Waals surface area contributed by atoms with Gasteiger partial charge in [0.2, 0.25) is 0 Å². The fourth-order valence-corrected chi connectivity index (χ4v) is 5.19. The zero-order chi connectivity index (χ0) is 24.4. The summed E-state index contributed by atoms with van der Waals surface area (Å²) in [4.78, 5) is 11.9. The number of aliphatic hydroxyl groups is 1. The number of ether oxygens (including phenoxy) is 1. The van der Waals surface area contributed by atoms with E-state index in [2.05, 4.69) is 42.9 Å². The van der Waals surface area contributed by atoms with Crippen LogP contribution in [0.25, 0.3) is 22.3 Å². The number of pyridine rings is 2. The number of aromatic amines is 1. The van der Waals surface area contributed by atoms with Gasteiger partial charge < -0.3 is 14.7 Å². The maximum absolute atomic E-state index is 10.9. The highest BCUT2D eigenvalue weighted by Crippen LogP contribution is 2.35. The highest BCUT2D eigenvalue weighted by Gasteiger charge is 2.23. The first-order valence-electron chi connectivity index (χ1n) is 11.5. The summed E-state index contributed by atoms with van der Waals surface area (Å²) in [6, 6.07) is 13.8. The first-order valence-corrected chi connectivity index (χ1v) is 13.2. The third-order valence-corrected chi connectivity index (χ3v) is 7.63. The zero-order valence-corrected chi connectivity index (χ0v) is 21.9. The summed E-state index contributed by atoms with van der Waals surface area (Å²) in [5, 5.41) is 18.8. The Labute approximate surface area is 216 Å². The maximum Gasteiger partial charge on any atom is 0.131 e. The lowest BCUT2D eigenvalue weighted by molar-refractivity contribution is 0.0986. The van der Waals surface area contributed by atoms with Gasteiger partial charge in [0.15, 0.2) is 0 Å². The first-order chi connectivity index (χ1) is 17.0. The summed E-state index contributed by atoms with van der Waals surface area (Å²) in [5.41, 5.74) is 4.00. The molecule has 2 N–H and O–H groups in total. The van der Waals surface area contributed by atoms with E-state index in [0.29, 0.717) is 13.2 Å². The second kappa shape index (κ2) is 10.5. The van der Waals surface area contributed by atoms with E-state index < -0.39 is 6.10 Å². The Morgan fingerprint density at radius 2 is 2.06 bits per heavy atom. The van der Waals surface area contributed by atoms with Gasteiger partial charge in [0, 0.05) is 40.1 Å². The van der Waals surface area contributed by atoms with Crippen molar-refractivity contribution in [1.29, 1.82) is 0 Å². The van der Waals surface area contributed by atoms with Crippen LogP contribution in [-0.2, 0) is 16.3 Å². The van der Waals surface area contributed by atoms with E-state index in [1.165, 1.54) is 0 Å². The highest BCUT2D eigenvalue weighted by molar-refractivity contribution is 9.10. The van der Waals surface area contributed by atoms with E-state index in [4.69, 9.17) is 14.1 Å². The highest BCUT2D eigenvalue weighted by atomic mass is 79.9. The Kier molecular flexibility index (Phi) is 7.24. The van der Waals surface area contributed by atoms with E-state index in [9.17, 15) is 5.11 Å². The fraction of sp³-hybridized carbons (Fsp3) is 0.320. The quantitative estimate of drug-likeness (QED) is 0.297. The van der Waals surface area contributed by atoms with Crippen LogP contribution in [0, 0.1) is 0 Å². The van der Waals surface area contributed by atoms with Gasteiger partial charge in [-0.25, -0.2) is 9.35 Å². The van der Waals surface area contributed by atoms with Crippen molar-refractivity contribution in [3.8, 4) is 11.4 Å². The molecule has 35 heavy (non-hydrogen) atoms. The zero-order valence-electron chi connectivity index (χ0n) is 19.5. The molecular weight excluding hydrogens is 528 g/mol. The van der Waals surface area contributed by atoms with Crippen molar-refractivity contribution in [3.05, 3.63) is 64.9 Å². The van der Waals surface area contributed by atoms with Gasteiger partial charge in [-0.1, -0.05) is 28.1 Å². The summed E-state index contributed by atoms with van der Waals surface area (Å²) in [6.07, 6.45) is 2.86. The van der Waals surface area contributed by atoms with Gasteiger partial charge in [0.25, 0.3) is 0 Å². The molecule has 0 radical (unpaired) electrons. The lowest BCUT2D eigenvalue weighted by Gasteiger charge is -2.34. The van der Waals surface area contributed by atoms with Gasteiger partial charge in [-0.15, -0.1) is 11.6 Å². The number of hydrogen-bond donors (Lipinski definition) is 3. The average molecular weight is 556 g/mol. The Morgan fingerprint density at radius 3 is 2.80 bits per heavy atom. The van der Waals surface area contributed by atoms with Gasteiger partial charge >= 0.3 is 0 Å². The van der Waals surface area contributed by atoms with Gasteiger partial charge in [-0.2, -0.15) is 5.10 Å². The van der Waals surface area contributed by atoms with Crippen molar-refractivity contribution >= 4 is 49.9 Å². The van der Waals surface area contributed by atoms with E-state index in [1.807, 2.05) is 49.4 Å². The monoisotopic (exact) mass is 554 g/mol. The summed E-state index contributed by atoms with van der Waals surface area (Å²) < 4.78 is 11.6. The molecule has 4 aromatic rings. The van der Waals surface area contributed by atoms with Crippen LogP contribution in [0.15, 0.2) is 63.7 Å². The second-order valence-corrected chi connectivity index (χ2v) is 10.8. The third kappa shape index (κ3) is 5.16. The largest absolute Gasteiger partial charge is 0.387 e. The second-order valence-electron chi connectivity index (χ2n) is 8.60. The Balaban J connectivity index is 1.56. The lowest BCUT2D eigenvalue weighted by Crippen LogP contribution is -2.44. The fourth-order valence-electron chi connectivity index (χ4n) is 4.16. The molecule has 1 saturated heterocycles. The number of thiol groups is 1. The molecule has 0 bridgehead atoms. The molecule has 5 rings (SSSR count). The van der Waals surface area contributed by atoms with Crippen LogP contribution < -0.4 is 4.90 Å². The van der Waals surface area contributed by atoms with Gasteiger partial charge in [-0.05, 0) is 43.7 Å². The molecule has 1 aliphatic rings. The maximum atomic E-state index is 10.9. The third-order valence-electron chi connectivity index (χ3n) is 6.13. The number of H-pyrrole nitrogens is 1. The molecular formula is C25H27BrN6O2S. The average Bonchev–Trinajstić information content (AvgIpc) is 3.42. The molecule has 2 unspecified atom stereocenters. The topological polar surface area (TPSA) is 99.5 Å². The SMILES string of the molecule is CC(/[SH]=N/c1cc(N2CCOC[C@H]2C)nc2c(-c3ccn[nH]3)nccc12)C(O)c1ccc(Br)cc1.